The fraction of sp³-hybridized carbons (Fsp3) is 0.909. The van der Waals surface area contributed by atoms with E-state index in [0.717, 1.165) is 19.4 Å². The molecule has 0 saturated carbocycles. The van der Waals surface area contributed by atoms with Gasteiger partial charge in [-0.1, -0.05) is 27.7 Å². The van der Waals surface area contributed by atoms with E-state index in [4.69, 9.17) is 0 Å². The molecule has 0 atom stereocenters. The van der Waals surface area contributed by atoms with Crippen LogP contribution in [0.2, 0.25) is 0 Å². The van der Waals surface area contributed by atoms with Crippen LogP contribution in [0.3, 0.4) is 0 Å². The fourth-order valence-electron chi connectivity index (χ4n) is 0.352. The highest BCUT2D eigenvalue weighted by atomic mass is 16.1. The molecule has 82 valence electrons. The number of nitrogens with zero attached hydrogens (tertiary/aromatic N) is 1. The Kier molecular flexibility index (Phi) is 25.0. The Hall–Kier alpha value is -0.370. The minimum atomic E-state index is 0.289. The Morgan fingerprint density at radius 1 is 1.15 bits per heavy atom. The van der Waals surface area contributed by atoms with Gasteiger partial charge in [-0.25, -0.2) is 0 Å². The van der Waals surface area contributed by atoms with E-state index in [1.165, 1.54) is 0 Å². The van der Waals surface area contributed by atoms with Crippen LogP contribution in [0.5, 0.6) is 0 Å². The van der Waals surface area contributed by atoms with Crippen molar-refractivity contribution in [2.45, 2.75) is 47.5 Å². The molecule has 0 spiro atoms. The van der Waals surface area contributed by atoms with Gasteiger partial charge in [0.25, 0.3) is 0 Å². The van der Waals surface area contributed by atoms with Crippen LogP contribution in [0.1, 0.15) is 47.5 Å². The number of Topliss-reactive ketones (excluding diaryl/α,β-unsaturated/α-hetero) is 1. The van der Waals surface area contributed by atoms with E-state index < -0.39 is 0 Å². The van der Waals surface area contributed by atoms with Crippen molar-refractivity contribution in [3.05, 3.63) is 0 Å². The molecular weight excluding hydrogens is 162 g/mol. The second-order valence-corrected chi connectivity index (χ2v) is 2.85. The lowest BCUT2D eigenvalue weighted by atomic mass is 10.3. The maximum absolute atomic E-state index is 10.0. The zero-order valence-electron chi connectivity index (χ0n) is 10.5. The van der Waals surface area contributed by atoms with Gasteiger partial charge in [-0.2, -0.15) is 0 Å². The van der Waals surface area contributed by atoms with Crippen LogP contribution in [0.15, 0.2) is 0 Å². The summed E-state index contributed by atoms with van der Waals surface area (Å²) in [7, 11) is 4.11. The number of hydrogen-bond acceptors (Lipinski definition) is 2. The SMILES string of the molecule is CC.CCCC(C)=O.CCN(C)C. The normalized spacial score (nSPS) is 8.00. The van der Waals surface area contributed by atoms with Gasteiger partial charge in [0.05, 0.1) is 0 Å². The van der Waals surface area contributed by atoms with Crippen LogP contribution < -0.4 is 0 Å². The summed E-state index contributed by atoms with van der Waals surface area (Å²) in [6, 6.07) is 0. The molecule has 2 nitrogen and oxygen atoms in total. The third-order valence-corrected chi connectivity index (χ3v) is 1.23. The summed E-state index contributed by atoms with van der Waals surface area (Å²) in [4.78, 5) is 12.2. The summed E-state index contributed by atoms with van der Waals surface area (Å²) in [5.74, 6) is 0.289. The Morgan fingerprint density at radius 3 is 1.46 bits per heavy atom. The molecule has 0 aliphatic carbocycles. The lowest BCUT2D eigenvalue weighted by molar-refractivity contribution is -0.117. The second kappa shape index (κ2) is 17.6. The summed E-state index contributed by atoms with van der Waals surface area (Å²) in [5, 5.41) is 0. The average molecular weight is 189 g/mol. The Bertz CT molecular complexity index is 90.1. The zero-order chi connectivity index (χ0) is 11.3. The van der Waals surface area contributed by atoms with Crippen LogP contribution in [-0.2, 0) is 4.79 Å². The van der Waals surface area contributed by atoms with Crippen molar-refractivity contribution >= 4 is 5.78 Å². The van der Waals surface area contributed by atoms with Gasteiger partial charge in [0.1, 0.15) is 5.78 Å². The van der Waals surface area contributed by atoms with Gasteiger partial charge < -0.3 is 9.69 Å². The number of rotatable bonds is 3. The molecule has 0 bridgehead atoms. The van der Waals surface area contributed by atoms with Gasteiger partial charge in [-0.3, -0.25) is 0 Å². The maximum atomic E-state index is 10.0. The lowest BCUT2D eigenvalue weighted by Crippen LogP contribution is -2.08. The van der Waals surface area contributed by atoms with Crippen LogP contribution in [-0.4, -0.2) is 31.3 Å². The third kappa shape index (κ3) is 50.3. The first kappa shape index (κ1) is 18.4. The van der Waals surface area contributed by atoms with Crippen LogP contribution >= 0.6 is 0 Å². The Balaban J connectivity index is -0.000000131. The van der Waals surface area contributed by atoms with Gasteiger partial charge in [-0.05, 0) is 34.0 Å². The number of hydrogen-bond donors (Lipinski definition) is 0. The number of carbonyl (C=O) groups excluding carboxylic acids is 1. The number of ketones is 1. The molecule has 0 aliphatic heterocycles. The largest absolute Gasteiger partial charge is 0.310 e. The summed E-state index contributed by atoms with van der Waals surface area (Å²) in [5.41, 5.74) is 0. The van der Waals surface area contributed by atoms with Crippen LogP contribution in [0.25, 0.3) is 0 Å². The van der Waals surface area contributed by atoms with Gasteiger partial charge in [-0.15, -0.1) is 0 Å². The lowest BCUT2D eigenvalue weighted by Gasteiger charge is -2.00. The Morgan fingerprint density at radius 2 is 1.46 bits per heavy atom. The molecule has 0 unspecified atom stereocenters. The quantitative estimate of drug-likeness (QED) is 0.680. The fourth-order valence-corrected chi connectivity index (χ4v) is 0.352. The van der Waals surface area contributed by atoms with Gasteiger partial charge in [0.15, 0.2) is 0 Å². The summed E-state index contributed by atoms with van der Waals surface area (Å²) < 4.78 is 0. The summed E-state index contributed by atoms with van der Waals surface area (Å²) >= 11 is 0. The van der Waals surface area contributed by atoms with Crippen molar-refractivity contribution in [1.29, 1.82) is 0 Å². The standard InChI is InChI=1S/C5H10O.C4H11N.C2H6/c1-3-4-5(2)6;1-4-5(2)3;1-2/h3-4H2,1-2H3;4H2,1-3H3;1-2H3. The van der Waals surface area contributed by atoms with Crippen molar-refractivity contribution in [2.24, 2.45) is 0 Å². The first-order chi connectivity index (χ1) is 6.04. The molecule has 0 aromatic rings. The van der Waals surface area contributed by atoms with E-state index in [-0.39, 0.29) is 5.78 Å². The molecule has 0 aromatic carbocycles. The van der Waals surface area contributed by atoms with E-state index in [1.807, 2.05) is 20.8 Å². The van der Waals surface area contributed by atoms with E-state index in [1.54, 1.807) is 6.92 Å². The molecule has 0 rings (SSSR count). The predicted molar refractivity (Wildman–Crippen MR) is 61.2 cm³/mol. The van der Waals surface area contributed by atoms with E-state index in [0.29, 0.717) is 0 Å². The minimum Gasteiger partial charge on any atom is -0.310 e. The van der Waals surface area contributed by atoms with Gasteiger partial charge in [0.2, 0.25) is 0 Å². The number of carbonyl (C=O) groups is 1. The third-order valence-electron chi connectivity index (χ3n) is 1.23. The molecule has 0 aromatic heterocycles. The first-order valence-corrected chi connectivity index (χ1v) is 5.18. The molecule has 0 amide bonds. The monoisotopic (exact) mass is 189 g/mol. The summed E-state index contributed by atoms with van der Waals surface area (Å²) in [6.45, 7) is 10.9. The smallest absolute Gasteiger partial charge is 0.129 e. The van der Waals surface area contributed by atoms with Crippen molar-refractivity contribution in [2.75, 3.05) is 20.6 Å². The highest BCUT2D eigenvalue weighted by molar-refractivity contribution is 5.75. The predicted octanol–water partition coefficient (Wildman–Crippen LogP) is 2.97. The average Bonchev–Trinajstić information content (AvgIpc) is 2.09. The Labute approximate surface area is 84.3 Å². The van der Waals surface area contributed by atoms with Crippen molar-refractivity contribution < 1.29 is 4.79 Å². The van der Waals surface area contributed by atoms with Crippen molar-refractivity contribution in [1.82, 2.24) is 4.90 Å². The summed E-state index contributed by atoms with van der Waals surface area (Å²) in [6.07, 6.45) is 1.72. The molecule has 0 aliphatic rings. The van der Waals surface area contributed by atoms with E-state index in [9.17, 15) is 4.79 Å². The molecule has 0 radical (unpaired) electrons. The van der Waals surface area contributed by atoms with E-state index >= 15 is 0 Å². The van der Waals surface area contributed by atoms with Crippen LogP contribution in [0, 0.1) is 0 Å². The maximum Gasteiger partial charge on any atom is 0.129 e. The topological polar surface area (TPSA) is 20.3 Å². The van der Waals surface area contributed by atoms with Crippen molar-refractivity contribution in [3.63, 3.8) is 0 Å². The molecule has 0 heterocycles. The van der Waals surface area contributed by atoms with Crippen molar-refractivity contribution in [3.8, 4) is 0 Å². The molecule has 13 heavy (non-hydrogen) atoms. The van der Waals surface area contributed by atoms with Gasteiger partial charge >= 0.3 is 0 Å². The molecule has 0 N–H and O–H groups in total. The van der Waals surface area contributed by atoms with Crippen LogP contribution in [0.4, 0.5) is 0 Å². The zero-order valence-corrected chi connectivity index (χ0v) is 10.5. The van der Waals surface area contributed by atoms with Gasteiger partial charge in [0, 0.05) is 6.42 Å². The van der Waals surface area contributed by atoms with E-state index in [2.05, 4.69) is 25.9 Å². The molecular formula is C11H27NO. The molecule has 0 saturated heterocycles. The first-order valence-electron chi connectivity index (χ1n) is 5.18. The second-order valence-electron chi connectivity index (χ2n) is 2.85. The molecule has 2 heteroatoms. The highest BCUT2D eigenvalue weighted by Crippen LogP contribution is 1.84. The molecule has 0 fully saturated rings. The highest BCUT2D eigenvalue weighted by Gasteiger charge is 1.83. The minimum absolute atomic E-state index is 0.289.